The highest BCUT2D eigenvalue weighted by molar-refractivity contribution is 7.91. The molecule has 0 saturated heterocycles. The van der Waals surface area contributed by atoms with Crippen molar-refractivity contribution in [2.75, 3.05) is 30.5 Å². The number of nitrogen functional groups attached to an aromatic ring is 1. The van der Waals surface area contributed by atoms with Crippen LogP contribution < -0.4 is 5.73 Å². The van der Waals surface area contributed by atoms with Gasteiger partial charge in [-0.3, -0.25) is 18.2 Å². The number of nitrogens with two attached hydrogens (primary N) is 1. The Kier molecular flexibility index (Phi) is 12.6. The van der Waals surface area contributed by atoms with E-state index in [1.807, 2.05) is 0 Å². The predicted octanol–water partition coefficient (Wildman–Crippen LogP) is 2.93. The average Bonchev–Trinajstić information content (AvgIpc) is 3.04. The number of sulfone groups is 2. The van der Waals surface area contributed by atoms with Gasteiger partial charge in [-0.15, -0.1) is 10.2 Å². The first-order valence-corrected chi connectivity index (χ1v) is 23.2. The molecule has 0 aliphatic rings. The highest BCUT2D eigenvalue weighted by Gasteiger charge is 2.25. The van der Waals surface area contributed by atoms with E-state index in [1.54, 1.807) is 0 Å². The zero-order chi connectivity index (χ0) is 41.2. The van der Waals surface area contributed by atoms with Gasteiger partial charge in [-0.25, -0.2) is 25.2 Å². The maximum atomic E-state index is 12.4. The Balaban J connectivity index is 1.71. The fourth-order valence-corrected chi connectivity index (χ4v) is 8.67. The van der Waals surface area contributed by atoms with Gasteiger partial charge in [0.2, 0.25) is 0 Å². The molecular weight excluding hydrogens is 863 g/mol. The van der Waals surface area contributed by atoms with Gasteiger partial charge < -0.3 is 5.73 Å². The van der Waals surface area contributed by atoms with Gasteiger partial charge in [0, 0.05) is 5.39 Å². The van der Waals surface area contributed by atoms with E-state index in [4.69, 9.17) is 14.8 Å². The quantitative estimate of drug-likeness (QED) is 0.0613. The maximum absolute atomic E-state index is 12.4. The van der Waals surface area contributed by atoms with E-state index in [9.17, 15) is 59.6 Å². The van der Waals surface area contributed by atoms with Crippen molar-refractivity contribution in [3.63, 3.8) is 0 Å². The lowest BCUT2D eigenvalue weighted by molar-refractivity contribution is 0.282. The van der Waals surface area contributed by atoms with E-state index in [1.165, 1.54) is 0 Å². The molecule has 29 heteroatoms. The molecule has 0 bridgehead atoms. The number of hydrogen-bond acceptors (Lipinski definition) is 19. The van der Waals surface area contributed by atoms with Crippen molar-refractivity contribution in [1.29, 1.82) is 0 Å². The first-order chi connectivity index (χ1) is 25.2. The third kappa shape index (κ3) is 11.8. The van der Waals surface area contributed by atoms with Crippen LogP contribution in [0.25, 0.3) is 10.8 Å². The number of hydrogen-bond donors (Lipinski definition) is 5. The Hall–Kier alpha value is -4.40. The lowest BCUT2D eigenvalue weighted by Crippen LogP contribution is -2.15. The van der Waals surface area contributed by atoms with Crippen molar-refractivity contribution in [1.82, 2.24) is 0 Å². The minimum atomic E-state index is -5.16. The van der Waals surface area contributed by atoms with Crippen LogP contribution in [-0.4, -0.2) is 93.4 Å². The maximum Gasteiger partial charge on any atom is 0.397 e. The fourth-order valence-electron chi connectivity index (χ4n) is 4.38. The molecule has 0 unspecified atom stereocenters. The Labute approximate surface area is 312 Å². The molecule has 0 atom stereocenters. The Morgan fingerprint density at radius 3 is 1.33 bits per heavy atom. The van der Waals surface area contributed by atoms with E-state index in [0.717, 1.165) is 66.7 Å². The molecule has 298 valence electrons. The smallest absolute Gasteiger partial charge is 0.396 e. The van der Waals surface area contributed by atoms with Crippen molar-refractivity contribution in [3.05, 3.63) is 66.7 Å². The third-order valence-corrected chi connectivity index (χ3v) is 12.9. The van der Waals surface area contributed by atoms with Crippen LogP contribution >= 0.6 is 0 Å². The van der Waals surface area contributed by atoms with Crippen molar-refractivity contribution < 1.29 is 77.1 Å². The second-order valence-electron chi connectivity index (χ2n) is 10.7. The van der Waals surface area contributed by atoms with Crippen LogP contribution in [0.2, 0.25) is 0 Å². The SMILES string of the molecule is Nc1c(/N=N/c2ccc(S(=O)(=O)CCOS(=O)(=O)O)cc2)c(S(=O)(=O)O)cc2cc(S(=O)(=O)O)c(/N=N/c3ccc(S(=O)(=O)CCOS(=O)(=O)O)cc3)cc12. The molecule has 0 heterocycles. The zero-order valence-electron chi connectivity index (χ0n) is 27.0. The first-order valence-electron chi connectivity index (χ1n) is 14.2. The number of benzene rings is 4. The van der Waals surface area contributed by atoms with E-state index in [0.29, 0.717) is 0 Å². The van der Waals surface area contributed by atoms with Crippen LogP contribution in [0.5, 0.6) is 0 Å². The van der Waals surface area contributed by atoms with Gasteiger partial charge in [0.05, 0.1) is 51.6 Å². The molecule has 0 spiro atoms. The van der Waals surface area contributed by atoms with E-state index in [-0.39, 0.29) is 31.9 Å². The fraction of sp³-hybridized carbons (Fsp3) is 0.154. The molecule has 0 aromatic heterocycles. The summed E-state index contributed by atoms with van der Waals surface area (Å²) >= 11 is 0. The molecule has 0 amide bonds. The molecular formula is C26H25N5O18S6. The largest absolute Gasteiger partial charge is 0.397 e. The molecule has 0 aliphatic carbocycles. The molecule has 0 fully saturated rings. The van der Waals surface area contributed by atoms with E-state index >= 15 is 0 Å². The minimum Gasteiger partial charge on any atom is -0.396 e. The lowest BCUT2D eigenvalue weighted by Gasteiger charge is -2.12. The molecule has 4 rings (SSSR count). The zero-order valence-corrected chi connectivity index (χ0v) is 31.9. The summed E-state index contributed by atoms with van der Waals surface area (Å²) in [5.74, 6) is -1.67. The topological polar surface area (TPSA) is 380 Å². The first kappa shape index (κ1) is 43.3. The summed E-state index contributed by atoms with van der Waals surface area (Å²) < 4.78 is 187. The van der Waals surface area contributed by atoms with Crippen LogP contribution in [-0.2, 0) is 69.1 Å². The summed E-state index contributed by atoms with van der Waals surface area (Å²) in [5.41, 5.74) is 4.30. The summed E-state index contributed by atoms with van der Waals surface area (Å²) in [4.78, 5) is -2.51. The molecule has 55 heavy (non-hydrogen) atoms. The molecule has 23 nitrogen and oxygen atoms in total. The van der Waals surface area contributed by atoms with E-state index in [2.05, 4.69) is 28.8 Å². The van der Waals surface area contributed by atoms with Gasteiger partial charge in [-0.1, -0.05) is 0 Å². The number of nitrogens with zero attached hydrogens (tertiary/aromatic N) is 4. The second-order valence-corrected chi connectivity index (χ2v) is 19.8. The van der Waals surface area contributed by atoms with Crippen molar-refractivity contribution in [3.8, 4) is 0 Å². The third-order valence-electron chi connectivity index (χ3n) is 6.85. The number of azo groups is 2. The van der Waals surface area contributed by atoms with Crippen LogP contribution in [0.15, 0.2) is 107 Å². The highest BCUT2D eigenvalue weighted by atomic mass is 32.3. The summed E-state index contributed by atoms with van der Waals surface area (Å²) in [6.07, 6.45) is 0. The number of anilines is 1. The van der Waals surface area contributed by atoms with Crippen LogP contribution in [0.4, 0.5) is 28.4 Å². The van der Waals surface area contributed by atoms with Crippen molar-refractivity contribution in [2.45, 2.75) is 19.6 Å². The predicted molar refractivity (Wildman–Crippen MR) is 188 cm³/mol. The summed E-state index contributed by atoms with van der Waals surface area (Å²) in [6.45, 7) is -1.78. The molecule has 0 aliphatic heterocycles. The van der Waals surface area contributed by atoms with Crippen LogP contribution in [0.3, 0.4) is 0 Å². The van der Waals surface area contributed by atoms with Gasteiger partial charge in [-0.05, 0) is 72.1 Å². The van der Waals surface area contributed by atoms with E-state index < -0.39 is 112 Å². The van der Waals surface area contributed by atoms with Gasteiger partial charge in [0.15, 0.2) is 19.7 Å². The summed E-state index contributed by atoms with van der Waals surface area (Å²) in [5, 5.41) is 14.8. The summed E-state index contributed by atoms with van der Waals surface area (Å²) in [6, 6.07) is 11.1. The number of rotatable bonds is 16. The highest BCUT2D eigenvalue weighted by Crippen LogP contribution is 2.42. The molecule has 4 aromatic carbocycles. The van der Waals surface area contributed by atoms with Crippen molar-refractivity contribution in [2.24, 2.45) is 20.5 Å². The average molecular weight is 888 g/mol. The minimum absolute atomic E-state index is 0.0658. The Morgan fingerprint density at radius 2 is 0.927 bits per heavy atom. The van der Waals surface area contributed by atoms with Gasteiger partial charge >= 0.3 is 20.8 Å². The second kappa shape index (κ2) is 16.0. The lowest BCUT2D eigenvalue weighted by atomic mass is 10.1. The molecule has 4 aromatic rings. The summed E-state index contributed by atoms with van der Waals surface area (Å²) in [7, 11) is -28.2. The van der Waals surface area contributed by atoms with Gasteiger partial charge in [-0.2, -0.15) is 43.9 Å². The molecule has 0 saturated carbocycles. The Bertz CT molecular complexity index is 2880. The van der Waals surface area contributed by atoms with Crippen LogP contribution in [0.1, 0.15) is 0 Å². The standard InChI is InChI=1S/C26H25N5O18S6/c27-25-21-15-22(30-28-17-1-5-19(6-2-17)50(32,33)11-9-48-54(42,43)44)23(52(36,37)38)13-16(21)14-24(53(39,40)41)26(25)31-29-18-3-7-20(8-4-18)51(34,35)12-10-49-55(45,46)47/h1-8,13-15H,9-12,27H2,(H,36,37,38)(H,39,40,41)(H,42,43,44)(H,45,46,47)/b30-28+,31-29+. The van der Waals surface area contributed by atoms with Crippen LogP contribution in [0, 0.1) is 0 Å². The van der Waals surface area contributed by atoms with Gasteiger partial charge in [0.25, 0.3) is 20.2 Å². The Morgan fingerprint density at radius 1 is 0.527 bits per heavy atom. The number of fused-ring (bicyclic) bond motifs is 1. The van der Waals surface area contributed by atoms with Crippen molar-refractivity contribution >= 4 is 99.9 Å². The van der Waals surface area contributed by atoms with Gasteiger partial charge in [0.1, 0.15) is 21.2 Å². The molecule has 6 N–H and O–H groups in total. The molecule has 0 radical (unpaired) electrons. The monoisotopic (exact) mass is 887 g/mol. The normalized spacial score (nSPS) is 13.6.